The fourth-order valence-corrected chi connectivity index (χ4v) is 5.91. The summed E-state index contributed by atoms with van der Waals surface area (Å²) in [6.45, 7) is 2.42. The fourth-order valence-electron chi connectivity index (χ4n) is 5.91. The van der Waals surface area contributed by atoms with Crippen molar-refractivity contribution in [3.05, 3.63) is 35.9 Å². The maximum absolute atomic E-state index is 11.2. The van der Waals surface area contributed by atoms with Gasteiger partial charge in [-0.25, -0.2) is 0 Å². The highest BCUT2D eigenvalue weighted by molar-refractivity contribution is 5.30. The molecule has 1 nitrogen and oxygen atoms in total. The Morgan fingerprint density at radius 2 is 1.61 bits per heavy atom. The molecule has 0 spiro atoms. The molecule has 1 aromatic carbocycles. The summed E-state index contributed by atoms with van der Waals surface area (Å²) in [6.07, 6.45) is 6.10. The van der Waals surface area contributed by atoms with E-state index in [-0.39, 0.29) is 0 Å². The molecule has 4 aliphatic rings. The van der Waals surface area contributed by atoms with Crippen molar-refractivity contribution >= 4 is 0 Å². The topological polar surface area (TPSA) is 20.2 Å². The molecule has 18 heavy (non-hydrogen) atoms. The van der Waals surface area contributed by atoms with Crippen molar-refractivity contribution in [2.24, 2.45) is 17.3 Å². The van der Waals surface area contributed by atoms with Crippen molar-refractivity contribution in [2.45, 2.75) is 50.5 Å². The van der Waals surface area contributed by atoms with Crippen LogP contribution in [0, 0.1) is 17.3 Å². The van der Waals surface area contributed by atoms with E-state index in [4.69, 9.17) is 0 Å². The van der Waals surface area contributed by atoms with Gasteiger partial charge in [-0.3, -0.25) is 0 Å². The molecule has 4 saturated carbocycles. The smallest absolute Gasteiger partial charge is 0.0726 e. The van der Waals surface area contributed by atoms with Crippen LogP contribution in [0.4, 0.5) is 0 Å². The van der Waals surface area contributed by atoms with Gasteiger partial charge in [0.15, 0.2) is 0 Å². The molecule has 4 fully saturated rings. The Balaban J connectivity index is 1.82. The minimum atomic E-state index is -0.416. The van der Waals surface area contributed by atoms with Gasteiger partial charge < -0.3 is 5.11 Å². The first-order valence-corrected chi connectivity index (χ1v) is 7.36. The van der Waals surface area contributed by atoms with E-state index in [9.17, 15) is 5.11 Å². The van der Waals surface area contributed by atoms with Crippen LogP contribution in [0.5, 0.6) is 0 Å². The number of aliphatic hydroxyl groups is 1. The molecule has 0 aliphatic heterocycles. The van der Waals surface area contributed by atoms with Crippen molar-refractivity contribution in [2.75, 3.05) is 0 Å². The van der Waals surface area contributed by atoms with Gasteiger partial charge in [0.2, 0.25) is 0 Å². The zero-order chi connectivity index (χ0) is 12.4. The molecule has 5 rings (SSSR count). The first-order chi connectivity index (χ1) is 8.59. The predicted molar refractivity (Wildman–Crippen MR) is 72.3 cm³/mol. The van der Waals surface area contributed by atoms with Crippen LogP contribution in [0.25, 0.3) is 0 Å². The summed E-state index contributed by atoms with van der Waals surface area (Å²) in [5.41, 5.74) is 1.28. The van der Waals surface area contributed by atoms with Gasteiger partial charge in [-0.05, 0) is 54.9 Å². The molecule has 1 aromatic rings. The minimum absolute atomic E-state index is 0.334. The van der Waals surface area contributed by atoms with Crippen LogP contribution >= 0.6 is 0 Å². The Morgan fingerprint density at radius 1 is 1.00 bits per heavy atom. The number of rotatable bonds is 1. The van der Waals surface area contributed by atoms with E-state index in [2.05, 4.69) is 37.3 Å². The van der Waals surface area contributed by atoms with Crippen molar-refractivity contribution < 1.29 is 5.11 Å². The first-order valence-electron chi connectivity index (χ1n) is 7.36. The van der Waals surface area contributed by atoms with Gasteiger partial charge in [0.25, 0.3) is 0 Å². The van der Waals surface area contributed by atoms with Crippen LogP contribution in [0.3, 0.4) is 0 Å². The average Bonchev–Trinajstić information content (AvgIpc) is 2.26. The van der Waals surface area contributed by atoms with Crippen molar-refractivity contribution in [3.8, 4) is 0 Å². The molecule has 0 aromatic heterocycles. The summed E-state index contributed by atoms with van der Waals surface area (Å²) in [7, 11) is 0. The lowest BCUT2D eigenvalue weighted by Crippen LogP contribution is -2.60. The molecule has 0 heterocycles. The van der Waals surface area contributed by atoms with Gasteiger partial charge in [0.05, 0.1) is 5.60 Å². The van der Waals surface area contributed by atoms with E-state index in [0.717, 1.165) is 24.7 Å². The second kappa shape index (κ2) is 3.39. The van der Waals surface area contributed by atoms with Gasteiger partial charge in [-0.15, -0.1) is 0 Å². The van der Waals surface area contributed by atoms with E-state index >= 15 is 0 Å². The Bertz CT molecular complexity index is 428. The van der Waals surface area contributed by atoms with Crippen LogP contribution in [0.2, 0.25) is 0 Å². The summed E-state index contributed by atoms with van der Waals surface area (Å²) in [4.78, 5) is 0. The molecule has 4 bridgehead atoms. The van der Waals surface area contributed by atoms with E-state index < -0.39 is 5.60 Å². The second-order valence-electron chi connectivity index (χ2n) is 7.39. The van der Waals surface area contributed by atoms with E-state index in [1.54, 1.807) is 0 Å². The summed E-state index contributed by atoms with van der Waals surface area (Å²) in [5, 5.41) is 11.2. The molecule has 3 atom stereocenters. The summed E-state index contributed by atoms with van der Waals surface area (Å²) in [5.74, 6) is 1.93. The van der Waals surface area contributed by atoms with Crippen molar-refractivity contribution in [1.82, 2.24) is 0 Å². The fraction of sp³-hybridized carbons (Fsp3) is 0.647. The zero-order valence-electron chi connectivity index (χ0n) is 11.1. The van der Waals surface area contributed by atoms with Gasteiger partial charge in [0.1, 0.15) is 0 Å². The maximum atomic E-state index is 11.2. The molecule has 96 valence electrons. The molecule has 1 N–H and O–H groups in total. The monoisotopic (exact) mass is 242 g/mol. The molecule has 0 saturated heterocycles. The molecular weight excluding hydrogens is 220 g/mol. The Labute approximate surface area is 109 Å². The normalized spacial score (nSPS) is 49.6. The van der Waals surface area contributed by atoms with Gasteiger partial charge in [0, 0.05) is 5.92 Å². The largest absolute Gasteiger partial charge is 0.389 e. The third kappa shape index (κ3) is 1.37. The van der Waals surface area contributed by atoms with Crippen LogP contribution < -0.4 is 0 Å². The maximum Gasteiger partial charge on any atom is 0.0726 e. The van der Waals surface area contributed by atoms with Gasteiger partial charge >= 0.3 is 0 Å². The molecule has 4 aliphatic carbocycles. The zero-order valence-corrected chi connectivity index (χ0v) is 11.1. The third-order valence-corrected chi connectivity index (χ3v) is 5.83. The SMILES string of the molecule is CC12CC3CC(C1)CC(O)(C3)C2c1ccccc1. The first kappa shape index (κ1) is 11.0. The lowest BCUT2D eigenvalue weighted by atomic mass is 9.43. The summed E-state index contributed by atoms with van der Waals surface area (Å²) >= 11 is 0. The molecular formula is C17H22O. The summed E-state index contributed by atoms with van der Waals surface area (Å²) < 4.78 is 0. The standard InChI is InChI=1S/C17H22O/c1-16-8-12-7-13(9-16)11-17(18,10-12)15(16)14-5-3-2-4-6-14/h2-6,12-13,15,18H,7-11H2,1H3. The minimum Gasteiger partial charge on any atom is -0.389 e. The number of benzene rings is 1. The average molecular weight is 242 g/mol. The molecule has 0 amide bonds. The number of hydrogen-bond donors (Lipinski definition) is 1. The van der Waals surface area contributed by atoms with Crippen LogP contribution in [-0.2, 0) is 0 Å². The lowest BCUT2D eigenvalue weighted by Gasteiger charge is -2.64. The third-order valence-electron chi connectivity index (χ3n) is 5.83. The summed E-state index contributed by atoms with van der Waals surface area (Å²) in [6, 6.07) is 10.7. The Hall–Kier alpha value is -0.820. The Kier molecular flexibility index (Phi) is 2.08. The van der Waals surface area contributed by atoms with Gasteiger partial charge in [-0.1, -0.05) is 37.3 Å². The Morgan fingerprint density at radius 3 is 2.17 bits per heavy atom. The van der Waals surface area contributed by atoms with E-state index in [0.29, 0.717) is 11.3 Å². The highest BCUT2D eigenvalue weighted by atomic mass is 16.3. The highest BCUT2D eigenvalue weighted by Gasteiger charge is 2.61. The highest BCUT2D eigenvalue weighted by Crippen LogP contribution is 2.67. The molecule has 3 unspecified atom stereocenters. The lowest BCUT2D eigenvalue weighted by molar-refractivity contribution is -0.177. The van der Waals surface area contributed by atoms with E-state index in [1.807, 2.05) is 0 Å². The van der Waals surface area contributed by atoms with Crippen molar-refractivity contribution in [1.29, 1.82) is 0 Å². The van der Waals surface area contributed by atoms with E-state index in [1.165, 1.54) is 24.8 Å². The van der Waals surface area contributed by atoms with Crippen molar-refractivity contribution in [3.63, 3.8) is 0 Å². The second-order valence-corrected chi connectivity index (χ2v) is 7.39. The van der Waals surface area contributed by atoms with Gasteiger partial charge in [-0.2, -0.15) is 0 Å². The molecule has 1 heteroatoms. The van der Waals surface area contributed by atoms with Crippen LogP contribution in [0.15, 0.2) is 30.3 Å². The van der Waals surface area contributed by atoms with Crippen LogP contribution in [-0.4, -0.2) is 10.7 Å². The van der Waals surface area contributed by atoms with Crippen LogP contribution in [0.1, 0.15) is 50.5 Å². The number of hydrogen-bond acceptors (Lipinski definition) is 1. The quantitative estimate of drug-likeness (QED) is 0.795. The molecule has 0 radical (unpaired) electrons. The predicted octanol–water partition coefficient (Wildman–Crippen LogP) is 3.73.